The molecule has 8 heteroatoms. The lowest BCUT2D eigenvalue weighted by atomic mass is 9.92. The summed E-state index contributed by atoms with van der Waals surface area (Å²) in [7, 11) is -0.510. The van der Waals surface area contributed by atoms with Gasteiger partial charge in [-0.15, -0.1) is 11.3 Å². The summed E-state index contributed by atoms with van der Waals surface area (Å²) < 4.78 is 28.2. The zero-order valence-corrected chi connectivity index (χ0v) is 16.6. The minimum atomic E-state index is -3.51. The van der Waals surface area contributed by atoms with Gasteiger partial charge in [0.05, 0.1) is 5.56 Å². The maximum atomic E-state index is 12.7. The molecule has 24 heavy (non-hydrogen) atoms. The number of hydrogen-bond acceptors (Lipinski definition) is 4. The van der Waals surface area contributed by atoms with Gasteiger partial charge in [-0.25, -0.2) is 0 Å². The first-order valence-corrected chi connectivity index (χ1v) is 10.5. The molecule has 0 saturated carbocycles. The van der Waals surface area contributed by atoms with E-state index < -0.39 is 10.2 Å². The number of nitrogens with one attached hydrogen (secondary N) is 1. The Morgan fingerprint density at radius 3 is 2.58 bits per heavy atom. The van der Waals surface area contributed by atoms with E-state index in [0.29, 0.717) is 18.7 Å². The highest BCUT2D eigenvalue weighted by atomic mass is 32.2. The van der Waals surface area contributed by atoms with Gasteiger partial charge in [-0.3, -0.25) is 4.79 Å². The lowest BCUT2D eigenvalue weighted by Gasteiger charge is -2.24. The molecule has 1 fully saturated rings. The van der Waals surface area contributed by atoms with Crippen LogP contribution in [-0.4, -0.2) is 56.8 Å². The summed E-state index contributed by atoms with van der Waals surface area (Å²) in [5.41, 5.74) is 0.704. The Morgan fingerprint density at radius 2 is 2.08 bits per heavy atom. The molecule has 1 aliphatic rings. The Bertz CT molecular complexity index is 682. The highest BCUT2D eigenvalue weighted by molar-refractivity contribution is 7.87. The first-order chi connectivity index (χ1) is 11.2. The average molecular weight is 374 g/mol. The molecule has 6 nitrogen and oxygen atoms in total. The largest absolute Gasteiger partial charge is 0.337 e. The van der Waals surface area contributed by atoms with Gasteiger partial charge in [0.2, 0.25) is 0 Å². The van der Waals surface area contributed by atoms with Crippen LogP contribution in [0.1, 0.15) is 36.0 Å². The van der Waals surface area contributed by atoms with Crippen molar-refractivity contribution in [1.29, 1.82) is 0 Å². The van der Waals surface area contributed by atoms with Gasteiger partial charge in [0.1, 0.15) is 0 Å². The van der Waals surface area contributed by atoms with Crippen molar-refractivity contribution in [1.82, 2.24) is 13.9 Å². The molecule has 0 radical (unpaired) electrons. The van der Waals surface area contributed by atoms with Crippen LogP contribution < -0.4 is 4.72 Å². The van der Waals surface area contributed by atoms with Crippen molar-refractivity contribution in [3.63, 3.8) is 0 Å². The summed E-state index contributed by atoms with van der Waals surface area (Å²) >= 11 is 1.59. The maximum Gasteiger partial charge on any atom is 0.279 e. The predicted octanol–water partition coefficient (Wildman–Crippen LogP) is 1.80. The number of carbonyl (C=O) groups is 1. The molecule has 2 heterocycles. The van der Waals surface area contributed by atoms with Gasteiger partial charge < -0.3 is 4.90 Å². The van der Waals surface area contributed by atoms with Gasteiger partial charge in [-0.05, 0) is 24.3 Å². The molecule has 2 rings (SSSR count). The molecule has 0 aliphatic carbocycles. The summed E-state index contributed by atoms with van der Waals surface area (Å²) in [5, 5.41) is 1.89. The lowest BCUT2D eigenvalue weighted by Crippen LogP contribution is -2.46. The molecular formula is C16H27N3O3S2. The normalized spacial score (nSPS) is 21.9. The summed E-state index contributed by atoms with van der Waals surface area (Å²) in [6, 6.07) is 1.68. The van der Waals surface area contributed by atoms with Gasteiger partial charge in [-0.2, -0.15) is 17.4 Å². The number of amides is 1. The van der Waals surface area contributed by atoms with Crippen LogP contribution in [0.3, 0.4) is 0 Å². The lowest BCUT2D eigenvalue weighted by molar-refractivity contribution is 0.0783. The molecule has 1 aliphatic heterocycles. The van der Waals surface area contributed by atoms with E-state index in [9.17, 15) is 13.2 Å². The van der Waals surface area contributed by atoms with Crippen LogP contribution in [0.4, 0.5) is 0 Å². The first-order valence-electron chi connectivity index (χ1n) is 8.22. The molecule has 0 aromatic carbocycles. The monoisotopic (exact) mass is 373 g/mol. The summed E-state index contributed by atoms with van der Waals surface area (Å²) in [5.74, 6) is 0.377. The molecular weight excluding hydrogens is 346 g/mol. The van der Waals surface area contributed by atoms with Gasteiger partial charge in [0, 0.05) is 43.5 Å². The van der Waals surface area contributed by atoms with Crippen molar-refractivity contribution in [2.24, 2.45) is 11.8 Å². The number of nitrogens with zero attached hydrogens (tertiary/aromatic N) is 2. The van der Waals surface area contributed by atoms with Crippen molar-refractivity contribution in [3.05, 3.63) is 21.9 Å². The molecule has 1 saturated heterocycles. The van der Waals surface area contributed by atoms with E-state index in [4.69, 9.17) is 0 Å². The van der Waals surface area contributed by atoms with Crippen molar-refractivity contribution in [2.75, 3.05) is 27.2 Å². The fourth-order valence-corrected chi connectivity index (χ4v) is 4.60. The van der Waals surface area contributed by atoms with Crippen LogP contribution in [0.2, 0.25) is 0 Å². The van der Waals surface area contributed by atoms with E-state index in [1.54, 1.807) is 16.2 Å². The molecule has 0 spiro atoms. The summed E-state index contributed by atoms with van der Waals surface area (Å²) in [6.07, 6.45) is 0.915. The number of likely N-dealkylation sites (tertiary alicyclic amines) is 1. The van der Waals surface area contributed by atoms with Crippen LogP contribution in [0, 0.1) is 11.8 Å². The fraction of sp³-hybridized carbons (Fsp3) is 0.688. The summed E-state index contributed by atoms with van der Waals surface area (Å²) in [4.78, 5) is 15.7. The van der Waals surface area contributed by atoms with E-state index in [1.807, 2.05) is 11.4 Å². The van der Waals surface area contributed by atoms with E-state index >= 15 is 0 Å². The van der Waals surface area contributed by atoms with E-state index in [0.717, 1.165) is 6.42 Å². The topological polar surface area (TPSA) is 69.7 Å². The fourth-order valence-electron chi connectivity index (χ4n) is 2.95. The summed E-state index contributed by atoms with van der Waals surface area (Å²) in [6.45, 7) is 7.18. The minimum absolute atomic E-state index is 0.0110. The quantitative estimate of drug-likeness (QED) is 0.827. The van der Waals surface area contributed by atoms with Gasteiger partial charge in [0.15, 0.2) is 0 Å². The number of carbonyl (C=O) groups excluding carboxylic acids is 1. The maximum absolute atomic E-state index is 12.7. The van der Waals surface area contributed by atoms with E-state index in [2.05, 4.69) is 25.5 Å². The molecule has 1 N–H and O–H groups in total. The Morgan fingerprint density at radius 1 is 1.42 bits per heavy atom. The van der Waals surface area contributed by atoms with Gasteiger partial charge in [0.25, 0.3) is 16.1 Å². The van der Waals surface area contributed by atoms with Crippen molar-refractivity contribution >= 4 is 27.5 Å². The second kappa shape index (κ2) is 7.51. The van der Waals surface area contributed by atoms with Gasteiger partial charge in [-0.1, -0.05) is 20.8 Å². The van der Waals surface area contributed by atoms with E-state index in [1.165, 1.54) is 23.3 Å². The molecule has 2 atom stereocenters. The predicted molar refractivity (Wildman–Crippen MR) is 97.5 cm³/mol. The molecule has 136 valence electrons. The zero-order chi connectivity index (χ0) is 18.1. The molecule has 1 aromatic rings. The Hall–Kier alpha value is -0.960. The smallest absolute Gasteiger partial charge is 0.279 e. The average Bonchev–Trinajstić information content (AvgIpc) is 3.12. The number of thiophene rings is 1. The third kappa shape index (κ3) is 4.17. The van der Waals surface area contributed by atoms with Crippen LogP contribution >= 0.6 is 11.3 Å². The van der Waals surface area contributed by atoms with Crippen LogP contribution in [-0.2, 0) is 16.6 Å². The molecule has 1 aromatic heterocycles. The van der Waals surface area contributed by atoms with Gasteiger partial charge >= 0.3 is 0 Å². The number of aryl methyl sites for hydroxylation is 1. The van der Waals surface area contributed by atoms with Crippen molar-refractivity contribution in [3.8, 4) is 0 Å². The molecule has 1 amide bonds. The Labute approximate surface area is 149 Å². The third-order valence-electron chi connectivity index (χ3n) is 4.54. The van der Waals surface area contributed by atoms with Crippen molar-refractivity contribution in [2.45, 2.75) is 33.2 Å². The highest BCUT2D eigenvalue weighted by Crippen LogP contribution is 2.27. The molecule has 0 bridgehead atoms. The third-order valence-corrected chi connectivity index (χ3v) is 7.18. The number of hydrogen-bond donors (Lipinski definition) is 1. The Kier molecular flexibility index (Phi) is 6.06. The van der Waals surface area contributed by atoms with Crippen LogP contribution in [0.15, 0.2) is 11.4 Å². The zero-order valence-electron chi connectivity index (χ0n) is 14.9. The first kappa shape index (κ1) is 19.4. The van der Waals surface area contributed by atoms with E-state index in [-0.39, 0.29) is 23.8 Å². The van der Waals surface area contributed by atoms with Crippen molar-refractivity contribution < 1.29 is 13.2 Å². The molecule has 0 unspecified atom stereocenters. The number of rotatable bonds is 6. The second-order valence-electron chi connectivity index (χ2n) is 6.79. The van der Waals surface area contributed by atoms with Crippen LogP contribution in [0.25, 0.3) is 0 Å². The standard InChI is InChI=1S/C16H27N3O3S2/c1-6-13-7-12(10-23-13)16(20)19-8-14(11(2)3)15(9-19)17-24(21,22)18(4)5/h7,10-11,14-15,17H,6,8-9H2,1-5H3/t14-,15+/m0/s1. The van der Waals surface area contributed by atoms with Crippen LogP contribution in [0.5, 0.6) is 0 Å². The minimum Gasteiger partial charge on any atom is -0.337 e. The second-order valence-corrected chi connectivity index (χ2v) is 9.70. The SMILES string of the molecule is CCc1cc(C(=O)N2C[C@@H](NS(=O)(=O)N(C)C)[C@H](C(C)C)C2)cs1. The Balaban J connectivity index is 2.15. The highest BCUT2D eigenvalue weighted by Gasteiger charge is 2.39.